The topological polar surface area (TPSA) is 48.3 Å². The van der Waals surface area contributed by atoms with Crippen LogP contribution in [0.25, 0.3) is 0 Å². The van der Waals surface area contributed by atoms with Gasteiger partial charge in [0.2, 0.25) is 0 Å². The van der Waals surface area contributed by atoms with Gasteiger partial charge in [0.05, 0.1) is 18.0 Å². The van der Waals surface area contributed by atoms with E-state index in [1.54, 1.807) is 24.4 Å². The summed E-state index contributed by atoms with van der Waals surface area (Å²) >= 11 is 1.38. The van der Waals surface area contributed by atoms with Crippen molar-refractivity contribution in [3.05, 3.63) is 51.1 Å². The van der Waals surface area contributed by atoms with Crippen molar-refractivity contribution in [3.63, 3.8) is 0 Å². The summed E-state index contributed by atoms with van der Waals surface area (Å²) in [5.74, 6) is 0.230. The van der Waals surface area contributed by atoms with E-state index in [0.717, 1.165) is 6.42 Å². The van der Waals surface area contributed by atoms with E-state index in [4.69, 9.17) is 4.74 Å². The van der Waals surface area contributed by atoms with Crippen LogP contribution in [0.4, 0.5) is 0 Å². The largest absolute Gasteiger partial charge is 0.488 e. The number of pyridine rings is 1. The number of nitrogens with zero attached hydrogens (tertiary/aromatic N) is 1. The second kappa shape index (κ2) is 6.33. The number of thiophene rings is 1. The zero-order valence-corrected chi connectivity index (χ0v) is 11.5. The third-order valence-corrected chi connectivity index (χ3v) is 3.47. The lowest BCUT2D eigenvalue weighted by molar-refractivity contribution is 0.0974. The SMILES string of the molecule is CCCOc1cccn(CC(=O)c2cccs2)c1=O. The van der Waals surface area contributed by atoms with Crippen molar-refractivity contribution < 1.29 is 9.53 Å². The van der Waals surface area contributed by atoms with Crippen LogP contribution in [0, 0.1) is 0 Å². The molecule has 0 aliphatic heterocycles. The molecular weight excluding hydrogens is 262 g/mol. The molecule has 0 bridgehead atoms. The van der Waals surface area contributed by atoms with Gasteiger partial charge in [-0.15, -0.1) is 11.3 Å². The van der Waals surface area contributed by atoms with Gasteiger partial charge < -0.3 is 9.30 Å². The van der Waals surface area contributed by atoms with Gasteiger partial charge in [-0.3, -0.25) is 9.59 Å². The number of carbonyl (C=O) groups excluding carboxylic acids is 1. The lowest BCUT2D eigenvalue weighted by Gasteiger charge is -2.07. The van der Waals surface area contributed by atoms with Crippen molar-refractivity contribution in [2.45, 2.75) is 19.9 Å². The Kier molecular flexibility index (Phi) is 4.52. The monoisotopic (exact) mass is 277 g/mol. The third kappa shape index (κ3) is 3.32. The molecule has 0 saturated carbocycles. The Morgan fingerprint density at radius 2 is 2.21 bits per heavy atom. The number of aromatic nitrogens is 1. The molecule has 2 heterocycles. The molecule has 2 rings (SSSR count). The fourth-order valence-corrected chi connectivity index (χ4v) is 2.29. The van der Waals surface area contributed by atoms with Crippen LogP contribution < -0.4 is 10.3 Å². The summed E-state index contributed by atoms with van der Waals surface area (Å²) in [7, 11) is 0. The first kappa shape index (κ1) is 13.5. The lowest BCUT2D eigenvalue weighted by atomic mass is 10.3. The van der Waals surface area contributed by atoms with Crippen molar-refractivity contribution in [1.29, 1.82) is 0 Å². The second-order valence-corrected chi connectivity index (χ2v) is 5.00. The maximum absolute atomic E-state index is 12.1. The summed E-state index contributed by atoms with van der Waals surface area (Å²) in [6, 6.07) is 6.93. The van der Waals surface area contributed by atoms with E-state index in [2.05, 4.69) is 0 Å². The number of ketones is 1. The molecule has 0 fully saturated rings. The Bertz CT molecular complexity index is 601. The molecule has 0 aliphatic rings. The molecule has 0 unspecified atom stereocenters. The van der Waals surface area contributed by atoms with Crippen LogP contribution in [-0.4, -0.2) is 17.0 Å². The van der Waals surface area contributed by atoms with Gasteiger partial charge >= 0.3 is 0 Å². The highest BCUT2D eigenvalue weighted by molar-refractivity contribution is 7.12. The molecule has 0 atom stereocenters. The van der Waals surface area contributed by atoms with E-state index < -0.39 is 0 Å². The average Bonchev–Trinajstić information content (AvgIpc) is 2.94. The second-order valence-electron chi connectivity index (χ2n) is 4.05. The highest BCUT2D eigenvalue weighted by atomic mass is 32.1. The van der Waals surface area contributed by atoms with E-state index in [-0.39, 0.29) is 17.9 Å². The first-order valence-corrected chi connectivity index (χ1v) is 6.99. The predicted molar refractivity (Wildman–Crippen MR) is 75.1 cm³/mol. The molecule has 0 aliphatic carbocycles. The van der Waals surface area contributed by atoms with E-state index in [1.165, 1.54) is 15.9 Å². The van der Waals surface area contributed by atoms with Crippen molar-refractivity contribution >= 4 is 17.1 Å². The average molecular weight is 277 g/mol. The lowest BCUT2D eigenvalue weighted by Crippen LogP contribution is -2.24. The Morgan fingerprint density at radius 3 is 2.89 bits per heavy atom. The van der Waals surface area contributed by atoms with E-state index >= 15 is 0 Å². The molecule has 0 saturated heterocycles. The molecule has 0 radical (unpaired) electrons. The summed E-state index contributed by atoms with van der Waals surface area (Å²) in [6.45, 7) is 2.52. The fraction of sp³-hybridized carbons (Fsp3) is 0.286. The van der Waals surface area contributed by atoms with Gasteiger partial charge in [0.25, 0.3) is 5.56 Å². The minimum Gasteiger partial charge on any atom is -0.488 e. The summed E-state index contributed by atoms with van der Waals surface area (Å²) in [5.41, 5.74) is -0.263. The number of rotatable bonds is 6. The predicted octanol–water partition coefficient (Wildman–Crippen LogP) is 2.58. The molecule has 0 amide bonds. The van der Waals surface area contributed by atoms with Crippen LogP contribution in [0.15, 0.2) is 40.6 Å². The van der Waals surface area contributed by atoms with Gasteiger partial charge in [0, 0.05) is 6.20 Å². The first-order valence-electron chi connectivity index (χ1n) is 6.11. The molecule has 100 valence electrons. The van der Waals surface area contributed by atoms with Gasteiger partial charge in [-0.1, -0.05) is 13.0 Å². The van der Waals surface area contributed by atoms with E-state index in [1.807, 2.05) is 18.4 Å². The number of ether oxygens (including phenoxy) is 1. The summed E-state index contributed by atoms with van der Waals surface area (Å²) in [6.07, 6.45) is 2.44. The number of hydrogen-bond acceptors (Lipinski definition) is 4. The quantitative estimate of drug-likeness (QED) is 0.762. The molecule has 0 N–H and O–H groups in total. The van der Waals surface area contributed by atoms with Crippen LogP contribution in [0.5, 0.6) is 5.75 Å². The Morgan fingerprint density at radius 1 is 1.37 bits per heavy atom. The minimum atomic E-state index is -0.263. The Balaban J connectivity index is 2.17. The Labute approximate surface area is 115 Å². The maximum Gasteiger partial charge on any atom is 0.293 e. The van der Waals surface area contributed by atoms with Crippen molar-refractivity contribution in [2.75, 3.05) is 6.61 Å². The smallest absolute Gasteiger partial charge is 0.293 e. The van der Waals surface area contributed by atoms with Crippen LogP contribution in [0.3, 0.4) is 0 Å². The summed E-state index contributed by atoms with van der Waals surface area (Å²) in [5, 5.41) is 1.84. The molecule has 19 heavy (non-hydrogen) atoms. The zero-order chi connectivity index (χ0) is 13.7. The van der Waals surface area contributed by atoms with Crippen LogP contribution in [0.2, 0.25) is 0 Å². The van der Waals surface area contributed by atoms with Crippen molar-refractivity contribution in [3.8, 4) is 5.75 Å². The standard InChI is InChI=1S/C14H15NO3S/c1-2-8-18-12-5-3-7-15(14(12)17)10-11(16)13-6-4-9-19-13/h3-7,9H,2,8,10H2,1H3. The fourth-order valence-electron chi connectivity index (χ4n) is 1.63. The molecule has 2 aromatic rings. The van der Waals surface area contributed by atoms with E-state index in [0.29, 0.717) is 17.2 Å². The van der Waals surface area contributed by atoms with Gasteiger partial charge in [-0.25, -0.2) is 0 Å². The van der Waals surface area contributed by atoms with Crippen molar-refractivity contribution in [1.82, 2.24) is 4.57 Å². The van der Waals surface area contributed by atoms with Gasteiger partial charge in [-0.2, -0.15) is 0 Å². The molecule has 4 nitrogen and oxygen atoms in total. The van der Waals surface area contributed by atoms with Crippen LogP contribution in [0.1, 0.15) is 23.0 Å². The Hall–Kier alpha value is -1.88. The third-order valence-electron chi connectivity index (χ3n) is 2.56. The first-order chi connectivity index (χ1) is 9.22. The number of carbonyl (C=O) groups is 1. The molecule has 2 aromatic heterocycles. The normalized spacial score (nSPS) is 10.4. The van der Waals surface area contributed by atoms with Gasteiger partial charge in [0.1, 0.15) is 0 Å². The van der Waals surface area contributed by atoms with Gasteiger partial charge in [-0.05, 0) is 30.0 Å². The van der Waals surface area contributed by atoms with Crippen LogP contribution in [-0.2, 0) is 6.54 Å². The van der Waals surface area contributed by atoms with Crippen LogP contribution >= 0.6 is 11.3 Å². The summed E-state index contributed by atoms with van der Waals surface area (Å²) in [4.78, 5) is 24.7. The molecular formula is C14H15NO3S. The van der Waals surface area contributed by atoms with Crippen molar-refractivity contribution in [2.24, 2.45) is 0 Å². The zero-order valence-electron chi connectivity index (χ0n) is 10.7. The highest BCUT2D eigenvalue weighted by Gasteiger charge is 2.10. The number of hydrogen-bond donors (Lipinski definition) is 0. The molecule has 5 heteroatoms. The maximum atomic E-state index is 12.1. The minimum absolute atomic E-state index is 0.0443. The molecule has 0 spiro atoms. The molecule has 0 aromatic carbocycles. The number of Topliss-reactive ketones (excluding diaryl/α,β-unsaturated/α-hetero) is 1. The van der Waals surface area contributed by atoms with Gasteiger partial charge in [0.15, 0.2) is 11.5 Å². The summed E-state index contributed by atoms with van der Waals surface area (Å²) < 4.78 is 6.74. The van der Waals surface area contributed by atoms with E-state index in [9.17, 15) is 9.59 Å². The highest BCUT2D eigenvalue weighted by Crippen LogP contribution is 2.10.